The van der Waals surface area contributed by atoms with Crippen molar-refractivity contribution in [2.75, 3.05) is 72.1 Å². The van der Waals surface area contributed by atoms with Crippen LogP contribution in [0.1, 0.15) is 12.0 Å². The van der Waals surface area contributed by atoms with Gasteiger partial charge in [0.05, 0.1) is 32.9 Å². The SMILES string of the molecule is COc1ccc(OC)c(NC(=O)C[C@H]2C(=O)NCCN2C(=O)CN2CCN(Cc3ccc4c(c3)OCO4)CC2)c1. The van der Waals surface area contributed by atoms with Crippen LogP contribution < -0.4 is 29.6 Å². The van der Waals surface area contributed by atoms with E-state index in [4.69, 9.17) is 18.9 Å². The summed E-state index contributed by atoms with van der Waals surface area (Å²) in [6.07, 6.45) is -0.165. The monoisotopic (exact) mass is 553 g/mol. The fourth-order valence-corrected chi connectivity index (χ4v) is 5.19. The second kappa shape index (κ2) is 12.4. The van der Waals surface area contributed by atoms with E-state index in [1.54, 1.807) is 18.2 Å². The lowest BCUT2D eigenvalue weighted by Gasteiger charge is -2.38. The predicted molar refractivity (Wildman–Crippen MR) is 146 cm³/mol. The molecular weight excluding hydrogens is 518 g/mol. The number of hydrogen-bond donors (Lipinski definition) is 2. The Labute approximate surface area is 233 Å². The fraction of sp³-hybridized carbons (Fsp3) is 0.464. The largest absolute Gasteiger partial charge is 0.497 e. The van der Waals surface area contributed by atoms with E-state index in [-0.39, 0.29) is 31.6 Å². The Balaban J connectivity index is 1.14. The highest BCUT2D eigenvalue weighted by atomic mass is 16.7. The number of methoxy groups -OCH3 is 2. The van der Waals surface area contributed by atoms with Crippen molar-refractivity contribution in [2.24, 2.45) is 0 Å². The van der Waals surface area contributed by atoms with Crippen LogP contribution in [0, 0.1) is 0 Å². The lowest BCUT2D eigenvalue weighted by molar-refractivity contribution is -0.145. The molecule has 12 nitrogen and oxygen atoms in total. The molecule has 3 heterocycles. The third-order valence-corrected chi connectivity index (χ3v) is 7.38. The molecule has 2 N–H and O–H groups in total. The predicted octanol–water partition coefficient (Wildman–Crippen LogP) is 0.906. The molecule has 2 aromatic carbocycles. The fourth-order valence-electron chi connectivity index (χ4n) is 5.19. The highest BCUT2D eigenvalue weighted by Crippen LogP contribution is 2.33. The van der Waals surface area contributed by atoms with Crippen molar-refractivity contribution >= 4 is 23.4 Å². The van der Waals surface area contributed by atoms with Crippen molar-refractivity contribution in [3.63, 3.8) is 0 Å². The molecule has 0 saturated carbocycles. The van der Waals surface area contributed by atoms with Crippen LogP contribution in [0.15, 0.2) is 36.4 Å². The third-order valence-electron chi connectivity index (χ3n) is 7.38. The minimum absolute atomic E-state index is 0.157. The number of carbonyl (C=O) groups is 3. The van der Waals surface area contributed by atoms with Gasteiger partial charge < -0.3 is 34.5 Å². The zero-order valence-corrected chi connectivity index (χ0v) is 22.8. The van der Waals surface area contributed by atoms with Crippen LogP contribution in [-0.2, 0) is 20.9 Å². The lowest BCUT2D eigenvalue weighted by atomic mass is 10.1. The normalized spacial score (nSPS) is 19.2. The Morgan fingerprint density at radius 3 is 2.52 bits per heavy atom. The van der Waals surface area contributed by atoms with Crippen molar-refractivity contribution in [1.29, 1.82) is 0 Å². The van der Waals surface area contributed by atoms with Crippen LogP contribution >= 0.6 is 0 Å². The van der Waals surface area contributed by atoms with E-state index >= 15 is 0 Å². The number of carbonyl (C=O) groups excluding carboxylic acids is 3. The first-order valence-corrected chi connectivity index (χ1v) is 13.4. The third kappa shape index (κ3) is 6.40. The number of ether oxygens (including phenoxy) is 4. The Hall–Kier alpha value is -4.03. The summed E-state index contributed by atoms with van der Waals surface area (Å²) in [6.45, 7) is 5.06. The molecule has 2 aromatic rings. The van der Waals surface area contributed by atoms with Crippen LogP contribution in [0.4, 0.5) is 5.69 Å². The van der Waals surface area contributed by atoms with E-state index in [9.17, 15) is 14.4 Å². The number of amides is 3. The van der Waals surface area contributed by atoms with Crippen molar-refractivity contribution < 1.29 is 33.3 Å². The molecule has 1 atom stereocenters. The van der Waals surface area contributed by atoms with Crippen molar-refractivity contribution in [3.8, 4) is 23.0 Å². The van der Waals surface area contributed by atoms with Gasteiger partial charge in [0, 0.05) is 51.9 Å². The second-order valence-electron chi connectivity index (χ2n) is 9.95. The molecule has 5 rings (SSSR count). The molecular formula is C28H35N5O7. The summed E-state index contributed by atoms with van der Waals surface area (Å²) < 4.78 is 21.4. The average Bonchev–Trinajstić information content (AvgIpc) is 3.43. The van der Waals surface area contributed by atoms with E-state index in [0.29, 0.717) is 30.3 Å². The standard InChI is InChI=1S/C28H35N5O7/c1-37-20-4-6-23(38-2)21(14-20)30-26(34)15-22-28(36)29-7-8-33(22)27(35)17-32-11-9-31(10-12-32)16-19-3-5-24-25(13-19)40-18-39-24/h3-6,13-14,22H,7-12,15-18H2,1-2H3,(H,29,36)(H,30,34)/t22-/m0/s1. The smallest absolute Gasteiger partial charge is 0.243 e. The van der Waals surface area contributed by atoms with Gasteiger partial charge in [0.25, 0.3) is 0 Å². The second-order valence-corrected chi connectivity index (χ2v) is 9.95. The molecule has 2 fully saturated rings. The molecule has 3 aliphatic rings. The zero-order valence-electron chi connectivity index (χ0n) is 22.8. The summed E-state index contributed by atoms with van der Waals surface area (Å²) in [5.74, 6) is 1.68. The van der Waals surface area contributed by atoms with Gasteiger partial charge in [-0.3, -0.25) is 24.2 Å². The number of nitrogens with one attached hydrogen (secondary N) is 2. The maximum absolute atomic E-state index is 13.3. The van der Waals surface area contributed by atoms with Crippen LogP contribution in [0.3, 0.4) is 0 Å². The molecule has 40 heavy (non-hydrogen) atoms. The highest BCUT2D eigenvalue weighted by molar-refractivity contribution is 5.98. The highest BCUT2D eigenvalue weighted by Gasteiger charge is 2.35. The van der Waals surface area contributed by atoms with Crippen molar-refractivity contribution in [1.82, 2.24) is 20.0 Å². The molecule has 0 unspecified atom stereocenters. The van der Waals surface area contributed by atoms with Gasteiger partial charge >= 0.3 is 0 Å². The molecule has 12 heteroatoms. The van der Waals surface area contributed by atoms with E-state index in [2.05, 4.69) is 20.4 Å². The molecule has 0 bridgehead atoms. The number of nitrogens with zero attached hydrogens (tertiary/aromatic N) is 3. The van der Waals surface area contributed by atoms with Gasteiger partial charge in [-0.2, -0.15) is 0 Å². The Morgan fingerprint density at radius 1 is 0.975 bits per heavy atom. The Kier molecular flexibility index (Phi) is 8.56. The maximum Gasteiger partial charge on any atom is 0.243 e. The number of piperazine rings is 2. The number of hydrogen-bond acceptors (Lipinski definition) is 9. The topological polar surface area (TPSA) is 122 Å². The quantitative estimate of drug-likeness (QED) is 0.467. The van der Waals surface area contributed by atoms with Crippen LogP contribution in [-0.4, -0.2) is 105 Å². The van der Waals surface area contributed by atoms with Gasteiger partial charge in [-0.05, 0) is 29.8 Å². The van der Waals surface area contributed by atoms with E-state index in [0.717, 1.165) is 49.8 Å². The summed E-state index contributed by atoms with van der Waals surface area (Å²) in [5, 5.41) is 5.57. The average molecular weight is 554 g/mol. The summed E-state index contributed by atoms with van der Waals surface area (Å²) >= 11 is 0. The first-order chi connectivity index (χ1) is 19.4. The summed E-state index contributed by atoms with van der Waals surface area (Å²) in [5.41, 5.74) is 1.58. The minimum atomic E-state index is -0.884. The van der Waals surface area contributed by atoms with Gasteiger partial charge in [0.1, 0.15) is 17.5 Å². The molecule has 0 aliphatic carbocycles. The molecule has 214 valence electrons. The van der Waals surface area contributed by atoms with Gasteiger partial charge in [0.2, 0.25) is 24.5 Å². The Bertz CT molecular complexity index is 1250. The molecule has 3 aliphatic heterocycles. The first-order valence-electron chi connectivity index (χ1n) is 13.4. The van der Waals surface area contributed by atoms with Gasteiger partial charge in [-0.25, -0.2) is 0 Å². The van der Waals surface area contributed by atoms with Crippen LogP contribution in [0.2, 0.25) is 0 Å². The van der Waals surface area contributed by atoms with Crippen molar-refractivity contribution in [2.45, 2.75) is 19.0 Å². The van der Waals surface area contributed by atoms with Gasteiger partial charge in [0.15, 0.2) is 11.5 Å². The number of anilines is 1. The minimum Gasteiger partial charge on any atom is -0.497 e. The molecule has 2 saturated heterocycles. The maximum atomic E-state index is 13.3. The molecule has 3 amide bonds. The lowest BCUT2D eigenvalue weighted by Crippen LogP contribution is -2.60. The first kappa shape index (κ1) is 27.5. The summed E-state index contributed by atoms with van der Waals surface area (Å²) in [7, 11) is 3.03. The van der Waals surface area contributed by atoms with Crippen LogP contribution in [0.25, 0.3) is 0 Å². The van der Waals surface area contributed by atoms with E-state index in [1.165, 1.54) is 19.1 Å². The summed E-state index contributed by atoms with van der Waals surface area (Å²) in [6, 6.07) is 10.2. The van der Waals surface area contributed by atoms with Gasteiger partial charge in [-0.15, -0.1) is 0 Å². The van der Waals surface area contributed by atoms with E-state index < -0.39 is 11.9 Å². The molecule has 0 spiro atoms. The van der Waals surface area contributed by atoms with Crippen LogP contribution in [0.5, 0.6) is 23.0 Å². The summed E-state index contributed by atoms with van der Waals surface area (Å²) in [4.78, 5) is 45.0. The zero-order chi connectivity index (χ0) is 28.1. The molecule has 0 radical (unpaired) electrons. The van der Waals surface area contributed by atoms with Crippen molar-refractivity contribution in [3.05, 3.63) is 42.0 Å². The number of benzene rings is 2. The van der Waals surface area contributed by atoms with Gasteiger partial charge in [-0.1, -0.05) is 6.07 Å². The number of fused-ring (bicyclic) bond motifs is 1. The van der Waals surface area contributed by atoms with E-state index in [1.807, 2.05) is 18.2 Å². The molecule has 0 aromatic heterocycles. The number of rotatable bonds is 9. The Morgan fingerprint density at radius 2 is 1.75 bits per heavy atom.